The van der Waals surface area contributed by atoms with Crippen molar-refractivity contribution in [2.24, 2.45) is 0 Å². The molecule has 1 saturated carbocycles. The number of carbonyl (C=O) groups excluding carboxylic acids is 3. The maximum Gasteiger partial charge on any atom is 0.352 e. The molecule has 0 spiro atoms. The van der Waals surface area contributed by atoms with Gasteiger partial charge in [0.1, 0.15) is 17.1 Å². The second-order valence-corrected chi connectivity index (χ2v) is 11.1. The van der Waals surface area contributed by atoms with Crippen molar-refractivity contribution in [3.8, 4) is 0 Å². The summed E-state index contributed by atoms with van der Waals surface area (Å²) in [4.78, 5) is 64.8. The number of amides is 3. The second-order valence-electron chi connectivity index (χ2n) is 8.90. The first-order valence-electron chi connectivity index (χ1n) is 11.4. The van der Waals surface area contributed by atoms with Crippen LogP contribution < -0.4 is 5.32 Å². The van der Waals surface area contributed by atoms with Gasteiger partial charge in [0.05, 0.1) is 11.3 Å². The number of β-lactam (4-membered cyclic amide) rings is 1. The summed E-state index contributed by atoms with van der Waals surface area (Å²) in [7, 11) is 0. The summed E-state index contributed by atoms with van der Waals surface area (Å²) in [6.45, 7) is 0.638. The maximum absolute atomic E-state index is 12.9. The van der Waals surface area contributed by atoms with Crippen molar-refractivity contribution >= 4 is 53.2 Å². The minimum atomic E-state index is -1.24. The molecule has 10 nitrogen and oxygen atoms in total. The van der Waals surface area contributed by atoms with Gasteiger partial charge in [-0.05, 0) is 55.2 Å². The number of likely N-dealkylation sites (tertiary alicyclic amines) is 1. The third kappa shape index (κ3) is 4.62. The number of nitrogens with zero attached hydrogens (tertiary/aromatic N) is 2. The average molecular weight is 530 g/mol. The SMILES string of the molecule is O=C(CSc1ccc(C(=O)O)cc1)N[C@@H]1C(=O)N2C(C(=O)O)=C(C=C3CCN(C4CC4)C3=O)CS[C@H]12. The number of aromatic carboxylic acids is 1. The van der Waals surface area contributed by atoms with E-state index >= 15 is 0 Å². The van der Waals surface area contributed by atoms with Gasteiger partial charge >= 0.3 is 11.9 Å². The lowest BCUT2D eigenvalue weighted by Crippen LogP contribution is -2.70. The Kier molecular flexibility index (Phi) is 6.56. The van der Waals surface area contributed by atoms with Crippen molar-refractivity contribution in [1.29, 1.82) is 0 Å². The monoisotopic (exact) mass is 529 g/mol. The average Bonchev–Trinajstić information content (AvgIpc) is 3.64. The highest BCUT2D eigenvalue weighted by atomic mass is 32.2. The number of carboxylic acids is 2. The van der Waals surface area contributed by atoms with Crippen LogP contribution in [0.2, 0.25) is 0 Å². The number of thioether (sulfide) groups is 2. The van der Waals surface area contributed by atoms with Gasteiger partial charge < -0.3 is 20.4 Å². The van der Waals surface area contributed by atoms with Crippen LogP contribution in [0.25, 0.3) is 0 Å². The lowest BCUT2D eigenvalue weighted by molar-refractivity contribution is -0.150. The molecule has 36 heavy (non-hydrogen) atoms. The lowest BCUT2D eigenvalue weighted by atomic mass is 10.0. The predicted molar refractivity (Wildman–Crippen MR) is 131 cm³/mol. The number of carboxylic acid groups (broad SMARTS) is 2. The first-order valence-corrected chi connectivity index (χ1v) is 13.5. The number of hydrogen-bond acceptors (Lipinski definition) is 7. The molecule has 188 valence electrons. The van der Waals surface area contributed by atoms with Crippen LogP contribution in [-0.4, -0.2) is 85.2 Å². The fourth-order valence-electron chi connectivity index (χ4n) is 4.52. The first kappa shape index (κ1) is 24.4. The van der Waals surface area contributed by atoms with E-state index in [1.807, 2.05) is 4.90 Å². The van der Waals surface area contributed by atoms with Crippen LogP contribution in [0, 0.1) is 0 Å². The Hall–Kier alpha value is -3.25. The van der Waals surface area contributed by atoms with E-state index in [0.717, 1.165) is 12.8 Å². The minimum absolute atomic E-state index is 0.0200. The van der Waals surface area contributed by atoms with Gasteiger partial charge in [0.2, 0.25) is 11.8 Å². The topological polar surface area (TPSA) is 144 Å². The number of allylic oxidation sites excluding steroid dienone is 1. The number of nitrogens with one attached hydrogen (secondary N) is 1. The molecule has 1 aromatic carbocycles. The molecule has 1 aliphatic carbocycles. The number of benzene rings is 1. The number of hydrogen-bond donors (Lipinski definition) is 3. The van der Waals surface area contributed by atoms with Gasteiger partial charge in [-0.15, -0.1) is 23.5 Å². The van der Waals surface area contributed by atoms with E-state index in [2.05, 4.69) is 5.32 Å². The standard InChI is InChI=1S/C24H23N3O7S2/c28-17(11-35-16-5-1-12(2-6-16)23(31)32)25-18-21(30)27-19(24(33)34)14(10-36-22(18)27)9-13-7-8-26(20(13)29)15-3-4-15/h1-2,5-6,9,15,18,22H,3-4,7-8,10-11H2,(H,25,28)(H,31,32)(H,33,34)/t18-,22-/m1/s1. The largest absolute Gasteiger partial charge is 0.478 e. The van der Waals surface area contributed by atoms with Crippen LogP contribution in [0.4, 0.5) is 0 Å². The highest BCUT2D eigenvalue weighted by Crippen LogP contribution is 2.42. The molecule has 3 fully saturated rings. The normalized spacial score (nSPS) is 24.6. The quantitative estimate of drug-likeness (QED) is 0.259. The van der Waals surface area contributed by atoms with Gasteiger partial charge in [-0.2, -0.15) is 0 Å². The third-order valence-electron chi connectivity index (χ3n) is 6.48. The molecule has 3 amide bonds. The maximum atomic E-state index is 12.9. The number of fused-ring (bicyclic) bond motifs is 1. The van der Waals surface area contributed by atoms with Crippen LogP contribution in [0.5, 0.6) is 0 Å². The molecular formula is C24H23N3O7S2. The highest BCUT2D eigenvalue weighted by Gasteiger charge is 2.54. The lowest BCUT2D eigenvalue weighted by Gasteiger charge is -2.49. The zero-order valence-corrected chi connectivity index (χ0v) is 20.6. The Morgan fingerprint density at radius 1 is 1.11 bits per heavy atom. The molecule has 3 aliphatic heterocycles. The molecule has 2 saturated heterocycles. The summed E-state index contributed by atoms with van der Waals surface area (Å²) >= 11 is 2.56. The van der Waals surface area contributed by atoms with Crippen molar-refractivity contribution in [1.82, 2.24) is 15.1 Å². The van der Waals surface area contributed by atoms with E-state index in [0.29, 0.717) is 40.8 Å². The summed E-state index contributed by atoms with van der Waals surface area (Å²) in [6.07, 6.45) is 4.20. The van der Waals surface area contributed by atoms with Gasteiger partial charge in [-0.3, -0.25) is 19.3 Å². The van der Waals surface area contributed by atoms with Crippen LogP contribution in [0.1, 0.15) is 29.6 Å². The molecule has 2 atom stereocenters. The molecular weight excluding hydrogens is 506 g/mol. The van der Waals surface area contributed by atoms with E-state index < -0.39 is 29.3 Å². The Morgan fingerprint density at radius 2 is 1.83 bits per heavy atom. The van der Waals surface area contributed by atoms with Gasteiger partial charge in [0.15, 0.2) is 0 Å². The summed E-state index contributed by atoms with van der Waals surface area (Å²) in [5.41, 5.74) is 1.02. The van der Waals surface area contributed by atoms with E-state index in [1.165, 1.54) is 40.6 Å². The fraction of sp³-hybridized carbons (Fsp3) is 0.375. The molecule has 12 heteroatoms. The summed E-state index contributed by atoms with van der Waals surface area (Å²) in [5.74, 6) is -2.88. The molecule has 0 aromatic heterocycles. The third-order valence-corrected chi connectivity index (χ3v) is 8.80. The molecule has 3 N–H and O–H groups in total. The van der Waals surface area contributed by atoms with Crippen LogP contribution in [0.3, 0.4) is 0 Å². The molecule has 1 aromatic rings. The first-order chi connectivity index (χ1) is 17.2. The van der Waals surface area contributed by atoms with Crippen LogP contribution in [0.15, 0.2) is 52.1 Å². The van der Waals surface area contributed by atoms with E-state index in [1.54, 1.807) is 18.2 Å². The van der Waals surface area contributed by atoms with Crippen LogP contribution in [-0.2, 0) is 19.2 Å². The molecule has 0 unspecified atom stereocenters. The van der Waals surface area contributed by atoms with Crippen LogP contribution >= 0.6 is 23.5 Å². The Balaban J connectivity index is 1.23. The van der Waals surface area contributed by atoms with Gasteiger partial charge in [0, 0.05) is 28.8 Å². The predicted octanol–water partition coefficient (Wildman–Crippen LogP) is 1.54. The molecule has 5 rings (SSSR count). The molecule has 0 bridgehead atoms. The van der Waals surface area contributed by atoms with E-state index in [4.69, 9.17) is 5.11 Å². The van der Waals surface area contributed by atoms with Gasteiger partial charge in [-0.1, -0.05) is 0 Å². The summed E-state index contributed by atoms with van der Waals surface area (Å²) in [5, 5.41) is 21.0. The highest BCUT2D eigenvalue weighted by molar-refractivity contribution is 8.00. The second kappa shape index (κ2) is 9.66. The zero-order chi connectivity index (χ0) is 25.6. The van der Waals surface area contributed by atoms with E-state index in [9.17, 15) is 29.1 Å². The van der Waals surface area contributed by atoms with Crippen molar-refractivity contribution in [2.75, 3.05) is 18.1 Å². The van der Waals surface area contributed by atoms with Crippen molar-refractivity contribution in [2.45, 2.75) is 41.6 Å². The van der Waals surface area contributed by atoms with Gasteiger partial charge in [0.25, 0.3) is 5.91 Å². The van der Waals surface area contributed by atoms with Gasteiger partial charge in [-0.25, -0.2) is 9.59 Å². The molecule has 4 aliphatic rings. The van der Waals surface area contributed by atoms with Crippen molar-refractivity contribution in [3.63, 3.8) is 0 Å². The molecule has 0 radical (unpaired) electrons. The summed E-state index contributed by atoms with van der Waals surface area (Å²) < 4.78 is 0. The van der Waals surface area contributed by atoms with E-state index in [-0.39, 0.29) is 28.8 Å². The summed E-state index contributed by atoms with van der Waals surface area (Å²) in [6, 6.07) is 5.57. The Morgan fingerprint density at radius 3 is 2.47 bits per heavy atom. The zero-order valence-electron chi connectivity index (χ0n) is 19.0. The van der Waals surface area contributed by atoms with Crippen molar-refractivity contribution < 1.29 is 34.2 Å². The smallest absolute Gasteiger partial charge is 0.352 e. The molecule has 3 heterocycles. The Bertz CT molecular complexity index is 1220. The number of carbonyl (C=O) groups is 5. The fourth-order valence-corrected chi connectivity index (χ4v) is 6.54. The number of aliphatic carboxylic acids is 1. The number of rotatable bonds is 8. The Labute approximate surface area is 214 Å². The minimum Gasteiger partial charge on any atom is -0.478 e. The van der Waals surface area contributed by atoms with Crippen molar-refractivity contribution in [3.05, 3.63) is 52.7 Å².